The molecule has 5 heteroatoms. The molecule has 2 aromatic rings. The van der Waals surface area contributed by atoms with Crippen LogP contribution in [0, 0.1) is 13.8 Å². The van der Waals surface area contributed by atoms with Crippen LogP contribution in [0.5, 0.6) is 0 Å². The Morgan fingerprint density at radius 2 is 2.00 bits per heavy atom. The van der Waals surface area contributed by atoms with E-state index in [1.807, 2.05) is 6.92 Å². The summed E-state index contributed by atoms with van der Waals surface area (Å²) in [6.07, 6.45) is 4.22. The first kappa shape index (κ1) is 18.9. The highest BCUT2D eigenvalue weighted by atomic mass is 16.2. The van der Waals surface area contributed by atoms with Crippen LogP contribution in [-0.4, -0.2) is 40.7 Å². The highest BCUT2D eigenvalue weighted by molar-refractivity contribution is 6.04. The number of aromatic amines is 1. The van der Waals surface area contributed by atoms with Crippen LogP contribution in [0.25, 0.3) is 0 Å². The highest BCUT2D eigenvalue weighted by Crippen LogP contribution is 2.26. The van der Waals surface area contributed by atoms with Crippen molar-refractivity contribution in [2.45, 2.75) is 58.5 Å². The number of amides is 1. The van der Waals surface area contributed by atoms with E-state index in [9.17, 15) is 9.59 Å². The molecule has 2 N–H and O–H groups in total. The molecule has 1 aromatic carbocycles. The zero-order chi connectivity index (χ0) is 19.7. The van der Waals surface area contributed by atoms with Crippen LogP contribution in [0.2, 0.25) is 0 Å². The molecule has 4 rings (SSSR count). The van der Waals surface area contributed by atoms with Crippen molar-refractivity contribution in [2.75, 3.05) is 13.1 Å². The Labute approximate surface area is 166 Å². The first-order valence-electron chi connectivity index (χ1n) is 10.3. The Kier molecular flexibility index (Phi) is 5.36. The molecule has 1 aromatic heterocycles. The maximum Gasteiger partial charge on any atom is 0.268 e. The van der Waals surface area contributed by atoms with Gasteiger partial charge in [0.15, 0.2) is 5.78 Å². The molecule has 2 heterocycles. The third-order valence-electron chi connectivity index (χ3n) is 6.08. The minimum atomic E-state index is -0.0724. The van der Waals surface area contributed by atoms with E-state index in [1.165, 1.54) is 11.1 Å². The molecular formula is C23H29N3O2. The first-order chi connectivity index (χ1) is 13.5. The maximum atomic E-state index is 12.8. The van der Waals surface area contributed by atoms with Gasteiger partial charge in [0, 0.05) is 43.4 Å². The molecule has 1 saturated heterocycles. The number of hydrogen-bond donors (Lipinski definition) is 2. The Hall–Kier alpha value is -2.40. The lowest BCUT2D eigenvalue weighted by Crippen LogP contribution is -2.44. The maximum absolute atomic E-state index is 12.8. The molecule has 1 aliphatic heterocycles. The zero-order valence-corrected chi connectivity index (χ0v) is 16.8. The number of benzene rings is 1. The minimum Gasteiger partial charge on any atom is -0.354 e. The fourth-order valence-electron chi connectivity index (χ4n) is 4.56. The molecule has 5 nitrogen and oxygen atoms in total. The van der Waals surface area contributed by atoms with Gasteiger partial charge in [0.25, 0.3) is 5.91 Å². The molecule has 0 bridgehead atoms. The van der Waals surface area contributed by atoms with Crippen molar-refractivity contribution in [3.63, 3.8) is 0 Å². The van der Waals surface area contributed by atoms with Crippen LogP contribution in [-0.2, 0) is 13.0 Å². The molecule has 0 radical (unpaired) electrons. The summed E-state index contributed by atoms with van der Waals surface area (Å²) in [7, 11) is 0. The fraction of sp³-hybridized carbons (Fsp3) is 0.478. The van der Waals surface area contributed by atoms with Crippen molar-refractivity contribution < 1.29 is 9.59 Å². The predicted octanol–water partition coefficient (Wildman–Crippen LogP) is 3.54. The Morgan fingerprint density at radius 1 is 1.21 bits per heavy atom. The zero-order valence-electron chi connectivity index (χ0n) is 16.8. The van der Waals surface area contributed by atoms with Crippen molar-refractivity contribution in [3.05, 3.63) is 57.9 Å². The van der Waals surface area contributed by atoms with Gasteiger partial charge in [-0.25, -0.2) is 0 Å². The van der Waals surface area contributed by atoms with Gasteiger partial charge in [-0.2, -0.15) is 0 Å². The monoisotopic (exact) mass is 379 g/mol. The van der Waals surface area contributed by atoms with Gasteiger partial charge < -0.3 is 10.3 Å². The molecular weight excluding hydrogens is 350 g/mol. The van der Waals surface area contributed by atoms with Crippen molar-refractivity contribution in [3.8, 4) is 0 Å². The largest absolute Gasteiger partial charge is 0.354 e. The average molecular weight is 380 g/mol. The smallest absolute Gasteiger partial charge is 0.268 e. The molecule has 28 heavy (non-hydrogen) atoms. The second-order valence-corrected chi connectivity index (χ2v) is 8.27. The standard InChI is InChI=1S/C23H29N3O2/c1-15-5-3-6-17(13-15)14-26-11-9-18(10-12-26)24-23(28)22-16(2)21-19(25-22)7-4-8-20(21)27/h3,5-6,13,18,25H,4,7-12,14H2,1-2H3,(H,24,28). The van der Waals surface area contributed by atoms with Crippen LogP contribution < -0.4 is 5.32 Å². The molecule has 1 amide bonds. The molecule has 0 unspecified atom stereocenters. The van der Waals surface area contributed by atoms with Gasteiger partial charge >= 0.3 is 0 Å². The van der Waals surface area contributed by atoms with E-state index in [1.54, 1.807) is 0 Å². The number of aromatic nitrogens is 1. The van der Waals surface area contributed by atoms with Crippen molar-refractivity contribution in [2.24, 2.45) is 0 Å². The number of piperidine rings is 1. The Balaban J connectivity index is 1.34. The van der Waals surface area contributed by atoms with Crippen LogP contribution in [0.1, 0.15) is 68.9 Å². The number of hydrogen-bond acceptors (Lipinski definition) is 3. The van der Waals surface area contributed by atoms with E-state index in [-0.39, 0.29) is 17.7 Å². The summed E-state index contributed by atoms with van der Waals surface area (Å²) in [5.41, 5.74) is 5.72. The Bertz CT molecular complexity index is 891. The lowest BCUT2D eigenvalue weighted by Gasteiger charge is -2.32. The van der Waals surface area contributed by atoms with Gasteiger partial charge in [0.2, 0.25) is 0 Å². The van der Waals surface area contributed by atoms with E-state index < -0.39 is 0 Å². The van der Waals surface area contributed by atoms with Crippen LogP contribution >= 0.6 is 0 Å². The molecule has 1 fully saturated rings. The van der Waals surface area contributed by atoms with E-state index in [0.717, 1.165) is 62.1 Å². The summed E-state index contributed by atoms with van der Waals surface area (Å²) in [6, 6.07) is 8.85. The number of fused-ring (bicyclic) bond motifs is 1. The van der Waals surface area contributed by atoms with Gasteiger partial charge in [-0.05, 0) is 50.7 Å². The van der Waals surface area contributed by atoms with Crippen molar-refractivity contribution >= 4 is 11.7 Å². The normalized spacial score (nSPS) is 18.1. The molecule has 0 atom stereocenters. The fourth-order valence-corrected chi connectivity index (χ4v) is 4.56. The molecule has 0 spiro atoms. The van der Waals surface area contributed by atoms with Crippen LogP contribution in [0.3, 0.4) is 0 Å². The van der Waals surface area contributed by atoms with Crippen molar-refractivity contribution in [1.29, 1.82) is 0 Å². The first-order valence-corrected chi connectivity index (χ1v) is 10.3. The number of ketones is 1. The van der Waals surface area contributed by atoms with Gasteiger partial charge in [-0.3, -0.25) is 14.5 Å². The summed E-state index contributed by atoms with van der Waals surface area (Å²) >= 11 is 0. The number of Topliss-reactive ketones (excluding diaryl/α,β-unsaturated/α-hetero) is 1. The lowest BCUT2D eigenvalue weighted by molar-refractivity contribution is 0.0903. The number of nitrogens with zero attached hydrogens (tertiary/aromatic N) is 1. The number of H-pyrrole nitrogens is 1. The number of aryl methyl sites for hydroxylation is 2. The van der Waals surface area contributed by atoms with Gasteiger partial charge in [-0.1, -0.05) is 29.8 Å². The topological polar surface area (TPSA) is 65.2 Å². The summed E-state index contributed by atoms with van der Waals surface area (Å²) in [5.74, 6) is 0.0929. The van der Waals surface area contributed by atoms with E-state index in [0.29, 0.717) is 12.1 Å². The number of likely N-dealkylation sites (tertiary alicyclic amines) is 1. The molecule has 2 aliphatic rings. The molecule has 1 aliphatic carbocycles. The van der Waals surface area contributed by atoms with Gasteiger partial charge in [0.05, 0.1) is 0 Å². The predicted molar refractivity (Wildman–Crippen MR) is 110 cm³/mol. The van der Waals surface area contributed by atoms with Crippen LogP contribution in [0.15, 0.2) is 24.3 Å². The third kappa shape index (κ3) is 3.90. The van der Waals surface area contributed by atoms with Gasteiger partial charge in [-0.15, -0.1) is 0 Å². The Morgan fingerprint density at radius 3 is 2.71 bits per heavy atom. The van der Waals surface area contributed by atoms with E-state index >= 15 is 0 Å². The minimum absolute atomic E-state index is 0.0724. The summed E-state index contributed by atoms with van der Waals surface area (Å²) in [5, 5.41) is 3.19. The third-order valence-corrected chi connectivity index (χ3v) is 6.08. The SMILES string of the molecule is Cc1cccc(CN2CCC(NC(=O)c3[nH]c4c(c3C)C(=O)CCC4)CC2)c1. The van der Waals surface area contributed by atoms with Gasteiger partial charge in [0.1, 0.15) is 5.69 Å². The second-order valence-electron chi connectivity index (χ2n) is 8.27. The van der Waals surface area contributed by atoms with E-state index in [4.69, 9.17) is 0 Å². The molecule has 148 valence electrons. The quantitative estimate of drug-likeness (QED) is 0.854. The average Bonchev–Trinajstić information content (AvgIpc) is 3.01. The summed E-state index contributed by atoms with van der Waals surface area (Å²) in [6.45, 7) is 6.94. The number of carbonyl (C=O) groups excluding carboxylic acids is 2. The highest BCUT2D eigenvalue weighted by Gasteiger charge is 2.28. The lowest BCUT2D eigenvalue weighted by atomic mass is 9.93. The number of rotatable bonds is 4. The number of nitrogens with one attached hydrogen (secondary N) is 2. The van der Waals surface area contributed by atoms with Crippen LogP contribution in [0.4, 0.5) is 0 Å². The molecule has 0 saturated carbocycles. The van der Waals surface area contributed by atoms with Crippen molar-refractivity contribution in [1.82, 2.24) is 15.2 Å². The number of carbonyl (C=O) groups is 2. The summed E-state index contributed by atoms with van der Waals surface area (Å²) in [4.78, 5) is 30.7. The second kappa shape index (κ2) is 7.92. The summed E-state index contributed by atoms with van der Waals surface area (Å²) < 4.78 is 0. The van der Waals surface area contributed by atoms with E-state index in [2.05, 4.69) is 46.4 Å².